The van der Waals surface area contributed by atoms with Gasteiger partial charge in [0.05, 0.1) is 6.04 Å². The molecule has 2 rings (SSSR count). The molecular formula is C20H23N4O3. The Kier molecular flexibility index (Phi) is 7.51. The van der Waals surface area contributed by atoms with Crippen LogP contribution in [0.2, 0.25) is 0 Å². The van der Waals surface area contributed by atoms with Crippen LogP contribution in [0.5, 0.6) is 0 Å². The summed E-state index contributed by atoms with van der Waals surface area (Å²) in [5.74, 6) is -0.712. The molecule has 0 aromatic heterocycles. The fourth-order valence-electron chi connectivity index (χ4n) is 2.88. The second-order valence-electron chi connectivity index (χ2n) is 6.14. The Morgan fingerprint density at radius 2 is 1.63 bits per heavy atom. The molecule has 2 aromatic rings. The topological polar surface area (TPSA) is 131 Å². The molecular weight excluding hydrogens is 344 g/mol. The molecule has 0 fully saturated rings. The number of nitrogens with two attached hydrogens (primary N) is 2. The quantitative estimate of drug-likeness (QED) is 0.370. The van der Waals surface area contributed by atoms with Crippen LogP contribution in [0.25, 0.3) is 0 Å². The molecule has 2 unspecified atom stereocenters. The van der Waals surface area contributed by atoms with Crippen LogP contribution >= 0.6 is 0 Å². The van der Waals surface area contributed by atoms with Gasteiger partial charge in [0.2, 0.25) is 0 Å². The van der Waals surface area contributed by atoms with Gasteiger partial charge in [-0.1, -0.05) is 60.7 Å². The van der Waals surface area contributed by atoms with Gasteiger partial charge in [-0.2, -0.15) is 0 Å². The van der Waals surface area contributed by atoms with Gasteiger partial charge in [-0.15, -0.1) is 0 Å². The second kappa shape index (κ2) is 10.1. The molecule has 0 saturated heterocycles. The molecule has 6 N–H and O–H groups in total. The molecule has 0 aliphatic rings. The number of hydrogen-bond acceptors (Lipinski definition) is 5. The predicted molar refractivity (Wildman–Crippen MR) is 103 cm³/mol. The lowest BCUT2D eigenvalue weighted by atomic mass is 9.88. The third-order valence-corrected chi connectivity index (χ3v) is 4.24. The Balaban J connectivity index is 2.16. The van der Waals surface area contributed by atoms with Crippen molar-refractivity contribution in [3.63, 3.8) is 0 Å². The Bertz CT molecular complexity index is 752. The first kappa shape index (κ1) is 20.1. The van der Waals surface area contributed by atoms with Crippen LogP contribution in [0, 0.1) is 5.41 Å². The van der Waals surface area contributed by atoms with Crippen LogP contribution in [0.4, 0.5) is 0 Å². The summed E-state index contributed by atoms with van der Waals surface area (Å²) in [7, 11) is 0. The second-order valence-corrected chi connectivity index (χ2v) is 6.14. The standard InChI is InChI=1S/C20H23N4O3/c21-17(18(26)19(27-13-25)15-9-5-2-6-10-15)11-16(12-24-20(22)23)14-7-3-1-4-8-14/h1-10,16-17,19H,11-12,21H2,(H4,22,23,24)/t16?,17-,19?/m0/s1. The first-order valence-electron chi connectivity index (χ1n) is 8.52. The van der Waals surface area contributed by atoms with Gasteiger partial charge in [0.25, 0.3) is 0 Å². The van der Waals surface area contributed by atoms with Crippen LogP contribution in [-0.4, -0.2) is 30.8 Å². The van der Waals surface area contributed by atoms with Crippen molar-refractivity contribution in [3.8, 4) is 0 Å². The van der Waals surface area contributed by atoms with Gasteiger partial charge < -0.3 is 21.5 Å². The van der Waals surface area contributed by atoms with Crippen LogP contribution < -0.4 is 16.8 Å². The lowest BCUT2D eigenvalue weighted by molar-refractivity contribution is -0.128. The van der Waals surface area contributed by atoms with Crippen molar-refractivity contribution in [1.29, 1.82) is 5.41 Å². The van der Waals surface area contributed by atoms with Crippen molar-refractivity contribution in [3.05, 3.63) is 71.8 Å². The number of hydrogen-bond donors (Lipinski definition) is 4. The van der Waals surface area contributed by atoms with Crippen molar-refractivity contribution >= 4 is 18.2 Å². The van der Waals surface area contributed by atoms with Crippen molar-refractivity contribution < 1.29 is 14.3 Å². The van der Waals surface area contributed by atoms with Gasteiger partial charge in [-0.25, -0.2) is 4.79 Å². The minimum absolute atomic E-state index is 0.148. The fourth-order valence-corrected chi connectivity index (χ4v) is 2.88. The molecule has 0 aliphatic carbocycles. The summed E-state index contributed by atoms with van der Waals surface area (Å²) in [5.41, 5.74) is 13.0. The van der Waals surface area contributed by atoms with Gasteiger partial charge in [0.1, 0.15) is 0 Å². The third-order valence-electron chi connectivity index (χ3n) is 4.24. The number of Topliss-reactive ketones (excluding diaryl/α,β-unsaturated/α-hetero) is 1. The summed E-state index contributed by atoms with van der Waals surface area (Å²) in [6, 6.07) is 17.3. The SMILES string of the molecule is N=C(N)NCC(C[C@H](N)C(=O)C(O[C]=O)c1ccccc1)c1ccccc1. The highest BCUT2D eigenvalue weighted by atomic mass is 16.5. The smallest absolute Gasteiger partial charge is 0.418 e. The third kappa shape index (κ3) is 5.93. The molecule has 2 aromatic carbocycles. The number of ketones is 1. The van der Waals surface area contributed by atoms with E-state index in [1.807, 2.05) is 30.3 Å². The zero-order valence-electron chi connectivity index (χ0n) is 14.8. The molecule has 0 spiro atoms. The van der Waals surface area contributed by atoms with E-state index in [1.54, 1.807) is 30.3 Å². The average Bonchev–Trinajstić information content (AvgIpc) is 2.69. The highest BCUT2D eigenvalue weighted by Gasteiger charge is 2.29. The molecule has 0 amide bonds. The zero-order chi connectivity index (χ0) is 19.6. The van der Waals surface area contributed by atoms with E-state index in [0.717, 1.165) is 5.56 Å². The van der Waals surface area contributed by atoms with E-state index in [2.05, 4.69) is 5.32 Å². The van der Waals surface area contributed by atoms with E-state index < -0.39 is 17.9 Å². The molecule has 3 atom stereocenters. The molecule has 7 heteroatoms. The summed E-state index contributed by atoms with van der Waals surface area (Å²) >= 11 is 0. The van der Waals surface area contributed by atoms with Crippen molar-refractivity contribution in [2.75, 3.05) is 6.54 Å². The van der Waals surface area contributed by atoms with Gasteiger partial charge in [-0.05, 0) is 12.0 Å². The van der Waals surface area contributed by atoms with Gasteiger partial charge >= 0.3 is 6.47 Å². The minimum Gasteiger partial charge on any atom is -0.441 e. The molecule has 1 radical (unpaired) electrons. The Morgan fingerprint density at radius 1 is 1.07 bits per heavy atom. The van der Waals surface area contributed by atoms with Crippen LogP contribution in [-0.2, 0) is 14.3 Å². The normalized spacial score (nSPS) is 13.8. The molecule has 0 aliphatic heterocycles. The van der Waals surface area contributed by atoms with Crippen molar-refractivity contribution in [1.82, 2.24) is 5.32 Å². The van der Waals surface area contributed by atoms with Gasteiger partial charge in [0, 0.05) is 18.0 Å². The highest BCUT2D eigenvalue weighted by Crippen LogP contribution is 2.24. The molecule has 27 heavy (non-hydrogen) atoms. The average molecular weight is 367 g/mol. The molecule has 0 heterocycles. The van der Waals surface area contributed by atoms with E-state index >= 15 is 0 Å². The maximum atomic E-state index is 12.8. The Labute approximate surface area is 158 Å². The Hall–Kier alpha value is -3.19. The van der Waals surface area contributed by atoms with E-state index in [1.165, 1.54) is 6.47 Å². The number of guanidine groups is 1. The largest absolute Gasteiger partial charge is 0.441 e. The van der Waals surface area contributed by atoms with Crippen molar-refractivity contribution in [2.45, 2.75) is 24.5 Å². The van der Waals surface area contributed by atoms with Crippen molar-refractivity contribution in [2.24, 2.45) is 11.5 Å². The zero-order valence-corrected chi connectivity index (χ0v) is 14.8. The molecule has 7 nitrogen and oxygen atoms in total. The fraction of sp³-hybridized carbons (Fsp3) is 0.250. The molecule has 0 saturated carbocycles. The number of benzene rings is 2. The van der Waals surface area contributed by atoms with Gasteiger partial charge in [0.15, 0.2) is 17.8 Å². The van der Waals surface area contributed by atoms with E-state index in [4.69, 9.17) is 21.6 Å². The summed E-state index contributed by atoms with van der Waals surface area (Å²) in [6.45, 7) is 1.70. The number of nitrogens with one attached hydrogen (secondary N) is 2. The first-order valence-corrected chi connectivity index (χ1v) is 8.52. The van der Waals surface area contributed by atoms with E-state index in [9.17, 15) is 9.59 Å². The van der Waals surface area contributed by atoms with E-state index in [0.29, 0.717) is 18.5 Å². The number of ether oxygens (including phenoxy) is 1. The van der Waals surface area contributed by atoms with Gasteiger partial charge in [-0.3, -0.25) is 10.2 Å². The first-order chi connectivity index (χ1) is 13.0. The van der Waals surface area contributed by atoms with E-state index in [-0.39, 0.29) is 11.9 Å². The monoisotopic (exact) mass is 367 g/mol. The number of carbonyl (C=O) groups is 1. The molecule has 0 bridgehead atoms. The number of rotatable bonds is 10. The summed E-state index contributed by atoms with van der Waals surface area (Å²) in [5, 5.41) is 10.1. The maximum absolute atomic E-state index is 12.8. The Morgan fingerprint density at radius 3 is 2.15 bits per heavy atom. The lowest BCUT2D eigenvalue weighted by Crippen LogP contribution is -2.40. The molecule has 141 valence electrons. The minimum atomic E-state index is -1.10. The summed E-state index contributed by atoms with van der Waals surface area (Å²) in [6.07, 6.45) is -0.801. The van der Waals surface area contributed by atoms with Crippen LogP contribution in [0.1, 0.15) is 29.6 Å². The van der Waals surface area contributed by atoms with Crippen LogP contribution in [0.15, 0.2) is 60.7 Å². The predicted octanol–water partition coefficient (Wildman–Crippen LogP) is 1.36. The summed E-state index contributed by atoms with van der Waals surface area (Å²) in [4.78, 5) is 23.6. The highest BCUT2D eigenvalue weighted by molar-refractivity contribution is 5.89. The number of carbonyl (C=O) groups excluding carboxylic acids is 2. The summed E-state index contributed by atoms with van der Waals surface area (Å²) < 4.78 is 4.89. The lowest BCUT2D eigenvalue weighted by Gasteiger charge is -2.24. The maximum Gasteiger partial charge on any atom is 0.418 e. The van der Waals surface area contributed by atoms with Crippen LogP contribution in [0.3, 0.4) is 0 Å².